The van der Waals surface area contributed by atoms with Gasteiger partial charge >= 0.3 is 0 Å². The van der Waals surface area contributed by atoms with Crippen LogP contribution in [0, 0.1) is 0 Å². The molecule has 5 nitrogen and oxygen atoms in total. The van der Waals surface area contributed by atoms with E-state index < -0.39 is 0 Å². The smallest absolute Gasteiger partial charge is 0.247 e. The number of furan rings is 1. The Kier molecular flexibility index (Phi) is 7.38. The van der Waals surface area contributed by atoms with Crippen LogP contribution in [-0.4, -0.2) is 24.5 Å². The first-order chi connectivity index (χ1) is 14.1. The van der Waals surface area contributed by atoms with Crippen LogP contribution in [0.4, 0.5) is 0 Å². The molecule has 0 radical (unpaired) electrons. The van der Waals surface area contributed by atoms with Crippen LogP contribution in [-0.2, 0) is 17.9 Å². The summed E-state index contributed by atoms with van der Waals surface area (Å²) in [5.74, 6) is 1.63. The van der Waals surface area contributed by atoms with Crippen LogP contribution in [0.25, 0.3) is 6.08 Å². The minimum absolute atomic E-state index is 0.126. The van der Waals surface area contributed by atoms with Crippen molar-refractivity contribution in [2.45, 2.75) is 20.0 Å². The number of rotatable bonds is 9. The molecule has 1 aromatic carbocycles. The molecule has 0 unspecified atom stereocenters. The van der Waals surface area contributed by atoms with Crippen LogP contribution in [0.15, 0.2) is 58.5 Å². The molecule has 0 aliphatic carbocycles. The molecule has 29 heavy (non-hydrogen) atoms. The molecular weight excluding hydrogens is 410 g/mol. The lowest BCUT2D eigenvalue weighted by Crippen LogP contribution is -2.27. The lowest BCUT2D eigenvalue weighted by atomic mass is 10.1. The Morgan fingerprint density at radius 3 is 2.79 bits per heavy atom. The lowest BCUT2D eigenvalue weighted by Gasteiger charge is -2.19. The number of methoxy groups -OCH3 is 1. The van der Waals surface area contributed by atoms with Gasteiger partial charge in [0.25, 0.3) is 0 Å². The summed E-state index contributed by atoms with van der Waals surface area (Å²) in [5.41, 5.74) is 0.748. The van der Waals surface area contributed by atoms with Crippen molar-refractivity contribution >= 4 is 34.9 Å². The predicted octanol–water partition coefficient (Wildman–Crippen LogP) is 5.64. The molecule has 7 heteroatoms. The Morgan fingerprint density at radius 2 is 2.14 bits per heavy atom. The van der Waals surface area contributed by atoms with Crippen LogP contribution in [0.5, 0.6) is 11.5 Å². The maximum atomic E-state index is 12.9. The van der Waals surface area contributed by atoms with Gasteiger partial charge in [0.05, 0.1) is 38.1 Å². The van der Waals surface area contributed by atoms with E-state index in [4.69, 9.17) is 25.5 Å². The lowest BCUT2D eigenvalue weighted by molar-refractivity contribution is -0.127. The SMILES string of the molecule is CCOc1c(Cl)cc(/C=C/C(=O)N(Cc2ccco2)Cc2cccs2)cc1OC. The molecule has 0 spiro atoms. The van der Waals surface area contributed by atoms with Gasteiger partial charge < -0.3 is 18.8 Å². The normalized spacial score (nSPS) is 11.0. The number of benzene rings is 1. The quantitative estimate of drug-likeness (QED) is 0.411. The topological polar surface area (TPSA) is 51.9 Å². The number of halogens is 1. The van der Waals surface area contributed by atoms with E-state index in [9.17, 15) is 4.79 Å². The molecule has 0 fully saturated rings. The second-order valence-electron chi connectivity index (χ2n) is 6.15. The van der Waals surface area contributed by atoms with Crippen LogP contribution < -0.4 is 9.47 Å². The van der Waals surface area contributed by atoms with Crippen molar-refractivity contribution in [1.29, 1.82) is 0 Å². The number of thiophene rings is 1. The van der Waals surface area contributed by atoms with Crippen LogP contribution >= 0.6 is 22.9 Å². The van der Waals surface area contributed by atoms with Gasteiger partial charge in [0.2, 0.25) is 5.91 Å². The van der Waals surface area contributed by atoms with E-state index in [1.807, 2.05) is 36.6 Å². The molecule has 0 aliphatic rings. The average Bonchev–Trinajstić information content (AvgIpc) is 3.41. The number of hydrogen-bond acceptors (Lipinski definition) is 5. The highest BCUT2D eigenvalue weighted by Crippen LogP contribution is 2.36. The summed E-state index contributed by atoms with van der Waals surface area (Å²) < 4.78 is 16.3. The Hall–Kier alpha value is -2.70. The highest BCUT2D eigenvalue weighted by atomic mass is 35.5. The van der Waals surface area contributed by atoms with E-state index in [0.717, 1.165) is 16.2 Å². The molecule has 0 N–H and O–H groups in total. The number of carbonyl (C=O) groups is 1. The van der Waals surface area contributed by atoms with Crippen molar-refractivity contribution in [3.63, 3.8) is 0 Å². The molecule has 3 aromatic rings. The molecule has 0 bridgehead atoms. The molecule has 152 valence electrons. The zero-order valence-electron chi connectivity index (χ0n) is 16.3. The fourth-order valence-electron chi connectivity index (χ4n) is 2.79. The second-order valence-corrected chi connectivity index (χ2v) is 7.59. The van der Waals surface area contributed by atoms with Gasteiger partial charge in [0, 0.05) is 11.0 Å². The van der Waals surface area contributed by atoms with E-state index in [-0.39, 0.29) is 5.91 Å². The minimum atomic E-state index is -0.126. The van der Waals surface area contributed by atoms with Gasteiger partial charge in [-0.15, -0.1) is 11.3 Å². The molecular formula is C22H22ClNO4S. The summed E-state index contributed by atoms with van der Waals surface area (Å²) >= 11 is 7.93. The van der Waals surface area contributed by atoms with Crippen LogP contribution in [0.1, 0.15) is 23.1 Å². The number of amides is 1. The Morgan fingerprint density at radius 1 is 1.28 bits per heavy atom. The Balaban J connectivity index is 1.79. The fourth-order valence-corrected chi connectivity index (χ4v) is 3.78. The van der Waals surface area contributed by atoms with E-state index in [2.05, 4.69) is 0 Å². The first-order valence-corrected chi connectivity index (χ1v) is 10.4. The zero-order chi connectivity index (χ0) is 20.6. The first kappa shape index (κ1) is 21.0. The van der Waals surface area contributed by atoms with Gasteiger partial charge in [-0.3, -0.25) is 4.79 Å². The minimum Gasteiger partial charge on any atom is -0.493 e. The summed E-state index contributed by atoms with van der Waals surface area (Å²) in [5, 5.41) is 2.43. The first-order valence-electron chi connectivity index (χ1n) is 9.12. The van der Waals surface area contributed by atoms with Crippen molar-refractivity contribution < 1.29 is 18.7 Å². The molecule has 2 heterocycles. The Bertz CT molecular complexity index is 915. The molecule has 2 aromatic heterocycles. The van der Waals surface area contributed by atoms with E-state index >= 15 is 0 Å². The van der Waals surface area contributed by atoms with Crippen LogP contribution in [0.2, 0.25) is 5.02 Å². The van der Waals surface area contributed by atoms with Gasteiger partial charge in [-0.05, 0) is 54.3 Å². The second kappa shape index (κ2) is 10.2. The summed E-state index contributed by atoms with van der Waals surface area (Å²) in [6.07, 6.45) is 4.85. The molecule has 1 amide bonds. The largest absolute Gasteiger partial charge is 0.493 e. The summed E-state index contributed by atoms with van der Waals surface area (Å²) in [6, 6.07) is 11.2. The van der Waals surface area contributed by atoms with Crippen molar-refractivity contribution in [2.75, 3.05) is 13.7 Å². The van der Waals surface area contributed by atoms with Crippen molar-refractivity contribution in [3.8, 4) is 11.5 Å². The summed E-state index contributed by atoms with van der Waals surface area (Å²) in [6.45, 7) is 3.26. The highest BCUT2D eigenvalue weighted by molar-refractivity contribution is 7.09. The van der Waals surface area contributed by atoms with Crippen molar-refractivity contribution in [2.24, 2.45) is 0 Å². The predicted molar refractivity (Wildman–Crippen MR) is 115 cm³/mol. The van der Waals surface area contributed by atoms with Crippen molar-refractivity contribution in [3.05, 3.63) is 75.3 Å². The maximum absolute atomic E-state index is 12.9. The van der Waals surface area contributed by atoms with Crippen molar-refractivity contribution in [1.82, 2.24) is 4.90 Å². The van der Waals surface area contributed by atoms with Crippen LogP contribution in [0.3, 0.4) is 0 Å². The van der Waals surface area contributed by atoms with Gasteiger partial charge in [-0.2, -0.15) is 0 Å². The third kappa shape index (κ3) is 5.65. The molecule has 0 saturated heterocycles. The van der Waals surface area contributed by atoms with E-state index in [1.165, 1.54) is 6.08 Å². The van der Waals surface area contributed by atoms with Gasteiger partial charge in [0.15, 0.2) is 11.5 Å². The fraction of sp³-hybridized carbons (Fsp3) is 0.227. The van der Waals surface area contributed by atoms with E-state index in [0.29, 0.717) is 36.2 Å². The number of nitrogens with zero attached hydrogens (tertiary/aromatic N) is 1. The molecule has 0 aliphatic heterocycles. The van der Waals surface area contributed by atoms with Gasteiger partial charge in [-0.25, -0.2) is 0 Å². The highest BCUT2D eigenvalue weighted by Gasteiger charge is 2.15. The third-order valence-electron chi connectivity index (χ3n) is 4.12. The molecule has 0 atom stereocenters. The van der Waals surface area contributed by atoms with Gasteiger partial charge in [0.1, 0.15) is 5.76 Å². The van der Waals surface area contributed by atoms with Gasteiger partial charge in [-0.1, -0.05) is 17.7 Å². The Labute approximate surface area is 179 Å². The molecule has 0 saturated carbocycles. The zero-order valence-corrected chi connectivity index (χ0v) is 17.8. The third-order valence-corrected chi connectivity index (χ3v) is 5.27. The summed E-state index contributed by atoms with van der Waals surface area (Å²) in [4.78, 5) is 15.7. The average molecular weight is 432 g/mol. The monoisotopic (exact) mass is 431 g/mol. The number of ether oxygens (including phenoxy) is 2. The maximum Gasteiger partial charge on any atom is 0.247 e. The molecule has 3 rings (SSSR count). The number of hydrogen-bond donors (Lipinski definition) is 0. The summed E-state index contributed by atoms with van der Waals surface area (Å²) in [7, 11) is 1.55. The number of carbonyl (C=O) groups excluding carboxylic acids is 1. The standard InChI is InChI=1S/C22H22ClNO4S/c1-3-27-22-19(23)12-16(13-20(22)26-2)8-9-21(25)24(14-17-6-4-10-28-17)15-18-7-5-11-29-18/h4-13H,3,14-15H2,1-2H3/b9-8+. The van der Waals surface area contributed by atoms with E-state index in [1.54, 1.807) is 47.8 Å².